The second-order valence-electron chi connectivity index (χ2n) is 2.73. The summed E-state index contributed by atoms with van der Waals surface area (Å²) in [6.07, 6.45) is 0.680. The van der Waals surface area contributed by atoms with Gasteiger partial charge in [0.05, 0.1) is 18.4 Å². The summed E-state index contributed by atoms with van der Waals surface area (Å²) in [7, 11) is 0. The number of nitrogens with zero attached hydrogens (tertiary/aromatic N) is 1. The van der Waals surface area contributed by atoms with E-state index in [2.05, 4.69) is 0 Å². The molecule has 0 aromatic carbocycles. The Bertz CT molecular complexity index is 215. The van der Waals surface area contributed by atoms with Gasteiger partial charge in [0.2, 0.25) is 0 Å². The van der Waals surface area contributed by atoms with Gasteiger partial charge in [-0.05, 0) is 13.3 Å². The summed E-state index contributed by atoms with van der Waals surface area (Å²) >= 11 is 1.32. The monoisotopic (exact) mass is 231 g/mol. The minimum Gasteiger partial charge on any atom is -0.462 e. The van der Waals surface area contributed by atoms with E-state index in [0.29, 0.717) is 25.4 Å². The van der Waals surface area contributed by atoms with Gasteiger partial charge in [-0.15, -0.1) is 11.8 Å². The number of ether oxygens (including phenoxy) is 2. The lowest BCUT2D eigenvalue weighted by molar-refractivity contribution is -0.144. The molecule has 0 heterocycles. The van der Waals surface area contributed by atoms with E-state index in [1.807, 2.05) is 19.9 Å². The largest absolute Gasteiger partial charge is 0.462 e. The van der Waals surface area contributed by atoms with Crippen molar-refractivity contribution in [2.45, 2.75) is 25.5 Å². The quantitative estimate of drug-likeness (QED) is 0.469. The summed E-state index contributed by atoms with van der Waals surface area (Å²) in [5.74, 6) is 0.0662. The fourth-order valence-corrected chi connectivity index (χ4v) is 1.64. The fraction of sp³-hybridized carbons (Fsp3) is 0.800. The van der Waals surface area contributed by atoms with Gasteiger partial charge in [-0.3, -0.25) is 4.79 Å². The number of hydrogen-bond donors (Lipinski definition) is 0. The van der Waals surface area contributed by atoms with E-state index in [4.69, 9.17) is 14.7 Å². The highest BCUT2D eigenvalue weighted by Crippen LogP contribution is 2.15. The van der Waals surface area contributed by atoms with Crippen molar-refractivity contribution in [3.63, 3.8) is 0 Å². The van der Waals surface area contributed by atoms with Crippen molar-refractivity contribution >= 4 is 17.7 Å². The van der Waals surface area contributed by atoms with Gasteiger partial charge in [0, 0.05) is 6.61 Å². The third-order valence-corrected chi connectivity index (χ3v) is 2.88. The Labute approximate surface area is 94.9 Å². The third kappa shape index (κ3) is 7.23. The van der Waals surface area contributed by atoms with Crippen LogP contribution in [0.1, 0.15) is 20.3 Å². The molecule has 0 saturated heterocycles. The van der Waals surface area contributed by atoms with E-state index < -0.39 is 0 Å². The van der Waals surface area contributed by atoms with Crippen LogP contribution in [0.2, 0.25) is 0 Å². The molecule has 0 aliphatic carbocycles. The molecule has 0 rings (SSSR count). The summed E-state index contributed by atoms with van der Waals surface area (Å²) in [5, 5.41) is 8.17. The van der Waals surface area contributed by atoms with Gasteiger partial charge in [0.25, 0.3) is 0 Å². The Balaban J connectivity index is 3.69. The molecule has 5 heteroatoms. The van der Waals surface area contributed by atoms with Crippen LogP contribution in [0, 0.1) is 11.3 Å². The predicted octanol–water partition coefficient (Wildman–Crippen LogP) is 1.60. The minimum atomic E-state index is -0.252. The predicted molar refractivity (Wildman–Crippen MR) is 59.6 cm³/mol. The number of carbonyl (C=O) groups is 1. The molecule has 1 unspecified atom stereocenters. The molecule has 0 aromatic heterocycles. The van der Waals surface area contributed by atoms with Crippen molar-refractivity contribution in [3.8, 4) is 6.07 Å². The Hall–Kier alpha value is -0.730. The van der Waals surface area contributed by atoms with Gasteiger partial charge in [-0.25, -0.2) is 0 Å². The van der Waals surface area contributed by atoms with Gasteiger partial charge in [-0.2, -0.15) is 5.26 Å². The summed E-state index contributed by atoms with van der Waals surface area (Å²) in [6, 6.07) is 1.99. The summed E-state index contributed by atoms with van der Waals surface area (Å²) < 4.78 is 10.0. The molecule has 0 N–H and O–H groups in total. The second-order valence-corrected chi connectivity index (χ2v) is 3.92. The van der Waals surface area contributed by atoms with Crippen LogP contribution in [0.15, 0.2) is 0 Å². The van der Waals surface area contributed by atoms with Crippen molar-refractivity contribution < 1.29 is 14.3 Å². The van der Waals surface area contributed by atoms with Crippen LogP contribution in [0.3, 0.4) is 0 Å². The third-order valence-electron chi connectivity index (χ3n) is 1.66. The maximum absolute atomic E-state index is 11.4. The van der Waals surface area contributed by atoms with Gasteiger partial charge >= 0.3 is 5.97 Å². The highest BCUT2D eigenvalue weighted by molar-refractivity contribution is 8.00. The van der Waals surface area contributed by atoms with Gasteiger partial charge in [0.1, 0.15) is 11.9 Å². The van der Waals surface area contributed by atoms with Crippen LogP contribution in [-0.4, -0.2) is 36.8 Å². The molecule has 0 bridgehead atoms. The zero-order valence-electron chi connectivity index (χ0n) is 9.19. The highest BCUT2D eigenvalue weighted by atomic mass is 32.2. The molecule has 0 amide bonds. The van der Waals surface area contributed by atoms with E-state index in [0.717, 1.165) is 0 Å². The van der Waals surface area contributed by atoms with Gasteiger partial charge in [-0.1, -0.05) is 6.92 Å². The average Bonchev–Trinajstić information content (AvgIpc) is 2.25. The van der Waals surface area contributed by atoms with Crippen LogP contribution >= 0.6 is 11.8 Å². The van der Waals surface area contributed by atoms with E-state index >= 15 is 0 Å². The molecule has 4 nitrogen and oxygen atoms in total. The molecule has 0 fully saturated rings. The smallest absolute Gasteiger partial charge is 0.319 e. The van der Waals surface area contributed by atoms with Crippen molar-refractivity contribution in [1.82, 2.24) is 0 Å². The molecule has 15 heavy (non-hydrogen) atoms. The molecule has 0 aliphatic rings. The second kappa shape index (κ2) is 9.81. The van der Waals surface area contributed by atoms with Crippen molar-refractivity contribution in [3.05, 3.63) is 0 Å². The van der Waals surface area contributed by atoms with Gasteiger partial charge in [0.15, 0.2) is 0 Å². The van der Waals surface area contributed by atoms with Crippen molar-refractivity contribution in [2.24, 2.45) is 0 Å². The van der Waals surface area contributed by atoms with Crippen molar-refractivity contribution in [1.29, 1.82) is 5.26 Å². The minimum absolute atomic E-state index is 0.230. The van der Waals surface area contributed by atoms with Crippen LogP contribution in [-0.2, 0) is 14.3 Å². The molecular formula is C10H17NO3S. The Kier molecular flexibility index (Phi) is 9.33. The van der Waals surface area contributed by atoms with E-state index in [1.165, 1.54) is 11.8 Å². The molecule has 0 spiro atoms. The number of thioether (sulfide) groups is 1. The molecule has 1 atom stereocenters. The first kappa shape index (κ1) is 14.3. The Morgan fingerprint density at radius 3 is 2.73 bits per heavy atom. The first-order valence-corrected chi connectivity index (χ1v) is 6.04. The van der Waals surface area contributed by atoms with Crippen LogP contribution in [0.4, 0.5) is 0 Å². The summed E-state index contributed by atoms with van der Waals surface area (Å²) in [5.41, 5.74) is 0. The van der Waals surface area contributed by atoms with Crippen LogP contribution in [0.5, 0.6) is 0 Å². The zero-order valence-corrected chi connectivity index (χ0v) is 10.0. The molecule has 0 aromatic rings. The topological polar surface area (TPSA) is 59.3 Å². The summed E-state index contributed by atoms with van der Waals surface area (Å²) in [4.78, 5) is 11.4. The SMILES string of the molecule is CCOCCOC(=O)C(CC)SCC#N. The standard InChI is InChI=1S/C10H17NO3S/c1-3-9(15-8-5-11)10(12)14-7-6-13-4-2/h9H,3-4,6-8H2,1-2H3. The highest BCUT2D eigenvalue weighted by Gasteiger charge is 2.17. The van der Waals surface area contributed by atoms with E-state index in [9.17, 15) is 4.79 Å². The lowest BCUT2D eigenvalue weighted by Crippen LogP contribution is -2.21. The van der Waals surface area contributed by atoms with Crippen LogP contribution in [0.25, 0.3) is 0 Å². The molecule has 0 aliphatic heterocycles. The summed E-state index contributed by atoms with van der Waals surface area (Å²) in [6.45, 7) is 5.13. The maximum Gasteiger partial charge on any atom is 0.319 e. The molecule has 0 saturated carbocycles. The van der Waals surface area contributed by atoms with Crippen LogP contribution < -0.4 is 0 Å². The maximum atomic E-state index is 11.4. The first-order chi connectivity index (χ1) is 7.26. The number of rotatable bonds is 8. The fourth-order valence-electron chi connectivity index (χ4n) is 0.929. The average molecular weight is 231 g/mol. The lowest BCUT2D eigenvalue weighted by atomic mass is 10.3. The number of nitriles is 1. The Morgan fingerprint density at radius 2 is 2.20 bits per heavy atom. The van der Waals surface area contributed by atoms with E-state index in [1.54, 1.807) is 0 Å². The molecule has 86 valence electrons. The van der Waals surface area contributed by atoms with Gasteiger partial charge < -0.3 is 9.47 Å². The number of hydrogen-bond acceptors (Lipinski definition) is 5. The zero-order chi connectivity index (χ0) is 11.5. The molecule has 0 radical (unpaired) electrons. The molecular weight excluding hydrogens is 214 g/mol. The first-order valence-electron chi connectivity index (χ1n) is 4.99. The van der Waals surface area contributed by atoms with E-state index in [-0.39, 0.29) is 17.8 Å². The van der Waals surface area contributed by atoms with Crippen molar-refractivity contribution in [2.75, 3.05) is 25.6 Å². The Morgan fingerprint density at radius 1 is 1.47 bits per heavy atom. The normalized spacial score (nSPS) is 11.8. The number of carbonyl (C=O) groups excluding carboxylic acids is 1. The number of esters is 1. The lowest BCUT2D eigenvalue weighted by Gasteiger charge is -2.11.